The minimum atomic E-state index is -0.190. The molecule has 0 bridgehead atoms. The fourth-order valence-corrected chi connectivity index (χ4v) is 1.43. The molecule has 78 valence electrons. The van der Waals surface area contributed by atoms with Crippen molar-refractivity contribution in [2.45, 2.75) is 0 Å². The first-order valence-electron chi connectivity index (χ1n) is 4.52. The van der Waals surface area contributed by atoms with Crippen molar-refractivity contribution in [3.05, 3.63) is 36.1 Å². The van der Waals surface area contributed by atoms with E-state index in [0.29, 0.717) is 11.1 Å². The van der Waals surface area contributed by atoms with E-state index >= 15 is 0 Å². The van der Waals surface area contributed by atoms with Crippen LogP contribution in [0.4, 0.5) is 0 Å². The van der Waals surface area contributed by atoms with Crippen LogP contribution in [0.1, 0.15) is 10.4 Å². The lowest BCUT2D eigenvalue weighted by Gasteiger charge is -2.13. The quantitative estimate of drug-likeness (QED) is 0.705. The third-order valence-electron chi connectivity index (χ3n) is 2.29. The highest BCUT2D eigenvalue weighted by atomic mass is 16.7. The van der Waals surface area contributed by atoms with Crippen LogP contribution in [-0.2, 0) is 4.84 Å². The molecule has 0 N–H and O–H groups in total. The molecule has 0 saturated carbocycles. The molecule has 0 atom stereocenters. The Morgan fingerprint density at radius 1 is 1.40 bits per heavy atom. The largest absolute Gasteiger partial charge is 0.464 e. The second kappa shape index (κ2) is 3.74. The molecule has 0 spiro atoms. The van der Waals surface area contributed by atoms with Gasteiger partial charge in [-0.1, -0.05) is 6.07 Å². The standard InChI is InChI=1S/C11H11NO3/c1-12(14-2)11(13)9-4-3-5-10-8(9)6-7-15-10/h3-7H,1-2H3. The number of amides is 1. The van der Waals surface area contributed by atoms with Crippen LogP contribution in [0.3, 0.4) is 0 Å². The van der Waals surface area contributed by atoms with Crippen molar-refractivity contribution in [1.29, 1.82) is 0 Å². The fourth-order valence-electron chi connectivity index (χ4n) is 1.43. The van der Waals surface area contributed by atoms with Gasteiger partial charge in [0.2, 0.25) is 0 Å². The van der Waals surface area contributed by atoms with Gasteiger partial charge < -0.3 is 4.42 Å². The summed E-state index contributed by atoms with van der Waals surface area (Å²) in [6.45, 7) is 0. The van der Waals surface area contributed by atoms with Crippen LogP contribution in [0.25, 0.3) is 11.0 Å². The Hall–Kier alpha value is -1.81. The molecule has 4 nitrogen and oxygen atoms in total. The van der Waals surface area contributed by atoms with Gasteiger partial charge in [0.1, 0.15) is 5.58 Å². The summed E-state index contributed by atoms with van der Waals surface area (Å²) in [4.78, 5) is 16.7. The zero-order valence-corrected chi connectivity index (χ0v) is 8.56. The summed E-state index contributed by atoms with van der Waals surface area (Å²) in [6.07, 6.45) is 1.56. The molecule has 2 aromatic rings. The normalized spacial score (nSPS) is 10.5. The second-order valence-electron chi connectivity index (χ2n) is 3.12. The van der Waals surface area contributed by atoms with Gasteiger partial charge in [-0.15, -0.1) is 0 Å². The molecule has 0 fully saturated rings. The van der Waals surface area contributed by atoms with E-state index in [4.69, 9.17) is 9.25 Å². The Balaban J connectivity index is 2.51. The fraction of sp³-hybridized carbons (Fsp3) is 0.182. The van der Waals surface area contributed by atoms with Gasteiger partial charge in [0, 0.05) is 12.4 Å². The van der Waals surface area contributed by atoms with Crippen LogP contribution in [0.5, 0.6) is 0 Å². The summed E-state index contributed by atoms with van der Waals surface area (Å²) in [5.41, 5.74) is 1.27. The molecule has 0 radical (unpaired) electrons. The van der Waals surface area contributed by atoms with Crippen molar-refractivity contribution < 1.29 is 14.0 Å². The predicted octanol–water partition coefficient (Wildman–Crippen LogP) is 2.07. The molecular weight excluding hydrogens is 194 g/mol. The van der Waals surface area contributed by atoms with E-state index in [0.717, 1.165) is 5.39 Å². The third-order valence-corrected chi connectivity index (χ3v) is 2.29. The maximum absolute atomic E-state index is 11.8. The Morgan fingerprint density at radius 2 is 2.20 bits per heavy atom. The van der Waals surface area contributed by atoms with E-state index in [9.17, 15) is 4.79 Å². The number of rotatable bonds is 2. The number of carbonyl (C=O) groups is 1. The number of furan rings is 1. The molecule has 0 aliphatic heterocycles. The van der Waals surface area contributed by atoms with Gasteiger partial charge in [-0.2, -0.15) is 0 Å². The first-order chi connectivity index (χ1) is 7.24. The number of carbonyl (C=O) groups excluding carboxylic acids is 1. The smallest absolute Gasteiger partial charge is 0.277 e. The zero-order chi connectivity index (χ0) is 10.8. The molecule has 1 aromatic heterocycles. The highest BCUT2D eigenvalue weighted by Crippen LogP contribution is 2.20. The Labute approximate surface area is 87.0 Å². The molecule has 0 aliphatic rings. The van der Waals surface area contributed by atoms with E-state index in [1.165, 1.54) is 12.2 Å². The molecule has 1 aromatic carbocycles. The van der Waals surface area contributed by atoms with E-state index in [-0.39, 0.29) is 5.91 Å². The number of fused-ring (bicyclic) bond motifs is 1. The Bertz CT molecular complexity index is 489. The van der Waals surface area contributed by atoms with Crippen LogP contribution >= 0.6 is 0 Å². The Kier molecular flexibility index (Phi) is 2.43. The first kappa shape index (κ1) is 9.73. The van der Waals surface area contributed by atoms with E-state index in [2.05, 4.69) is 0 Å². The third kappa shape index (κ3) is 1.59. The number of hydrogen-bond donors (Lipinski definition) is 0. The summed E-state index contributed by atoms with van der Waals surface area (Å²) >= 11 is 0. The molecular formula is C11H11NO3. The molecule has 0 saturated heterocycles. The van der Waals surface area contributed by atoms with Crippen molar-refractivity contribution >= 4 is 16.9 Å². The van der Waals surface area contributed by atoms with Crippen LogP contribution in [0.2, 0.25) is 0 Å². The SMILES string of the molecule is CON(C)C(=O)c1cccc2occc12. The summed E-state index contributed by atoms with van der Waals surface area (Å²) in [6, 6.07) is 7.11. The highest BCUT2D eigenvalue weighted by molar-refractivity contribution is 6.05. The molecule has 0 aliphatic carbocycles. The van der Waals surface area contributed by atoms with E-state index in [1.807, 2.05) is 6.07 Å². The number of hydrogen-bond acceptors (Lipinski definition) is 3. The lowest BCUT2D eigenvalue weighted by molar-refractivity contribution is -0.0755. The maximum atomic E-state index is 11.8. The molecule has 1 amide bonds. The lowest BCUT2D eigenvalue weighted by Crippen LogP contribution is -2.25. The summed E-state index contributed by atoms with van der Waals surface area (Å²) in [7, 11) is 3.02. The summed E-state index contributed by atoms with van der Waals surface area (Å²) < 4.78 is 5.21. The molecule has 4 heteroatoms. The van der Waals surface area contributed by atoms with E-state index in [1.54, 1.807) is 31.5 Å². The monoisotopic (exact) mass is 205 g/mol. The molecule has 15 heavy (non-hydrogen) atoms. The van der Waals surface area contributed by atoms with Crippen molar-refractivity contribution in [1.82, 2.24) is 5.06 Å². The Morgan fingerprint density at radius 3 is 2.93 bits per heavy atom. The maximum Gasteiger partial charge on any atom is 0.277 e. The van der Waals surface area contributed by atoms with Gasteiger partial charge in [-0.25, -0.2) is 5.06 Å². The van der Waals surface area contributed by atoms with Gasteiger partial charge in [0.05, 0.1) is 18.9 Å². The van der Waals surface area contributed by atoms with Gasteiger partial charge in [-0.05, 0) is 18.2 Å². The molecule has 2 rings (SSSR count). The van der Waals surface area contributed by atoms with Gasteiger partial charge in [-0.3, -0.25) is 9.63 Å². The zero-order valence-electron chi connectivity index (χ0n) is 8.56. The number of hydroxylamine groups is 2. The van der Waals surface area contributed by atoms with Gasteiger partial charge >= 0.3 is 0 Å². The van der Waals surface area contributed by atoms with Crippen LogP contribution in [0.15, 0.2) is 34.9 Å². The minimum Gasteiger partial charge on any atom is -0.464 e. The molecule has 0 unspecified atom stereocenters. The minimum absolute atomic E-state index is 0.190. The van der Waals surface area contributed by atoms with Crippen LogP contribution in [-0.4, -0.2) is 25.1 Å². The van der Waals surface area contributed by atoms with Gasteiger partial charge in [0.15, 0.2) is 0 Å². The summed E-state index contributed by atoms with van der Waals surface area (Å²) in [5, 5.41) is 1.98. The molecule has 1 heterocycles. The first-order valence-corrected chi connectivity index (χ1v) is 4.52. The highest BCUT2D eigenvalue weighted by Gasteiger charge is 2.15. The predicted molar refractivity (Wildman–Crippen MR) is 55.3 cm³/mol. The number of benzene rings is 1. The van der Waals surface area contributed by atoms with E-state index < -0.39 is 0 Å². The average Bonchev–Trinajstić information content (AvgIpc) is 2.74. The van der Waals surface area contributed by atoms with Gasteiger partial charge in [0.25, 0.3) is 5.91 Å². The van der Waals surface area contributed by atoms with Crippen molar-refractivity contribution in [2.75, 3.05) is 14.2 Å². The topological polar surface area (TPSA) is 42.7 Å². The van der Waals surface area contributed by atoms with Crippen LogP contribution in [0, 0.1) is 0 Å². The lowest BCUT2D eigenvalue weighted by atomic mass is 10.1. The van der Waals surface area contributed by atoms with Crippen LogP contribution < -0.4 is 0 Å². The summed E-state index contributed by atoms with van der Waals surface area (Å²) in [5.74, 6) is -0.190. The van der Waals surface area contributed by atoms with Crippen molar-refractivity contribution in [3.8, 4) is 0 Å². The number of nitrogens with zero attached hydrogens (tertiary/aromatic N) is 1. The average molecular weight is 205 g/mol. The second-order valence-corrected chi connectivity index (χ2v) is 3.12. The van der Waals surface area contributed by atoms with Crippen molar-refractivity contribution in [2.24, 2.45) is 0 Å². The van der Waals surface area contributed by atoms with Crippen molar-refractivity contribution in [3.63, 3.8) is 0 Å².